The van der Waals surface area contributed by atoms with Gasteiger partial charge < -0.3 is 20.1 Å². The second-order valence-corrected chi connectivity index (χ2v) is 5.88. The van der Waals surface area contributed by atoms with E-state index in [2.05, 4.69) is 10.6 Å². The summed E-state index contributed by atoms with van der Waals surface area (Å²) < 4.78 is 10.6. The average molecular weight is 352 g/mol. The van der Waals surface area contributed by atoms with Crippen molar-refractivity contribution in [3.8, 4) is 11.5 Å². The van der Waals surface area contributed by atoms with E-state index in [9.17, 15) is 9.59 Å². The summed E-state index contributed by atoms with van der Waals surface area (Å²) in [6.45, 7) is 2.20. The molecule has 0 fully saturated rings. The molecule has 6 heteroatoms. The van der Waals surface area contributed by atoms with Crippen molar-refractivity contribution in [1.29, 1.82) is 0 Å². The van der Waals surface area contributed by atoms with Crippen LogP contribution in [-0.2, 0) is 16.1 Å². The van der Waals surface area contributed by atoms with Crippen LogP contribution in [0.4, 0.5) is 0 Å². The molecule has 0 aliphatic carbocycles. The van der Waals surface area contributed by atoms with E-state index < -0.39 is 6.04 Å². The summed E-state index contributed by atoms with van der Waals surface area (Å²) in [5, 5.41) is 5.44. The number of hydrogen-bond donors (Lipinski definition) is 2. The van der Waals surface area contributed by atoms with Gasteiger partial charge in [0.1, 0.15) is 6.04 Å². The molecule has 0 saturated carbocycles. The van der Waals surface area contributed by atoms with E-state index in [1.54, 1.807) is 13.0 Å². The maximum Gasteiger partial charge on any atom is 0.244 e. The number of benzene rings is 2. The van der Waals surface area contributed by atoms with Crippen LogP contribution < -0.4 is 20.1 Å². The first-order chi connectivity index (χ1) is 12.6. The molecule has 26 heavy (non-hydrogen) atoms. The number of fused-ring (bicyclic) bond motifs is 1. The summed E-state index contributed by atoms with van der Waals surface area (Å²) in [5.41, 5.74) is 1.81. The van der Waals surface area contributed by atoms with E-state index in [-0.39, 0.29) is 18.6 Å². The normalized spacial score (nSPS) is 13.4. The smallest absolute Gasteiger partial charge is 0.244 e. The van der Waals surface area contributed by atoms with Gasteiger partial charge in [-0.05, 0) is 36.3 Å². The molecule has 2 aromatic rings. The third-order valence-corrected chi connectivity index (χ3v) is 3.88. The van der Waals surface area contributed by atoms with Crippen LogP contribution in [0.25, 0.3) is 6.08 Å². The Morgan fingerprint density at radius 2 is 1.88 bits per heavy atom. The molecule has 0 radical (unpaired) electrons. The second kappa shape index (κ2) is 8.20. The van der Waals surface area contributed by atoms with Gasteiger partial charge >= 0.3 is 0 Å². The Labute approximate surface area is 151 Å². The van der Waals surface area contributed by atoms with Crippen LogP contribution in [-0.4, -0.2) is 24.6 Å². The lowest BCUT2D eigenvalue weighted by molar-refractivity contribution is -0.126. The van der Waals surface area contributed by atoms with Gasteiger partial charge in [-0.1, -0.05) is 36.4 Å². The van der Waals surface area contributed by atoms with Crippen molar-refractivity contribution in [3.05, 3.63) is 65.7 Å². The lowest BCUT2D eigenvalue weighted by Crippen LogP contribution is -2.44. The standard InChI is InChI=1S/C20H20N2O4/c1-14(22-19(23)10-8-15-5-3-2-4-6-15)20(24)21-12-16-7-9-17-18(11-16)26-13-25-17/h2-11,14H,12-13H2,1H3,(H,21,24)(H,22,23)/b10-8+. The number of carbonyl (C=O) groups is 2. The highest BCUT2D eigenvalue weighted by Gasteiger charge is 2.16. The Kier molecular flexibility index (Phi) is 5.53. The predicted molar refractivity (Wildman–Crippen MR) is 97.5 cm³/mol. The first-order valence-electron chi connectivity index (χ1n) is 8.32. The number of ether oxygens (including phenoxy) is 2. The molecule has 1 aliphatic rings. The summed E-state index contributed by atoms with van der Waals surface area (Å²) in [6, 6.07) is 14.3. The Bertz CT molecular complexity index is 818. The van der Waals surface area contributed by atoms with Crippen molar-refractivity contribution >= 4 is 17.9 Å². The number of hydrogen-bond acceptors (Lipinski definition) is 4. The SMILES string of the molecule is CC(NC(=O)/C=C/c1ccccc1)C(=O)NCc1ccc2c(c1)OCO2. The first kappa shape index (κ1) is 17.5. The topological polar surface area (TPSA) is 76.7 Å². The summed E-state index contributed by atoms with van der Waals surface area (Å²) in [6.07, 6.45) is 3.11. The minimum absolute atomic E-state index is 0.213. The van der Waals surface area contributed by atoms with Gasteiger partial charge in [0.2, 0.25) is 18.6 Å². The van der Waals surface area contributed by atoms with Gasteiger partial charge in [-0.3, -0.25) is 9.59 Å². The van der Waals surface area contributed by atoms with E-state index in [1.807, 2.05) is 48.5 Å². The molecule has 2 aromatic carbocycles. The minimum Gasteiger partial charge on any atom is -0.454 e. The lowest BCUT2D eigenvalue weighted by atomic mass is 10.2. The number of amides is 2. The highest BCUT2D eigenvalue weighted by atomic mass is 16.7. The van der Waals surface area contributed by atoms with Gasteiger partial charge in [0, 0.05) is 12.6 Å². The number of carbonyl (C=O) groups excluding carboxylic acids is 2. The van der Waals surface area contributed by atoms with Gasteiger partial charge in [-0.15, -0.1) is 0 Å². The summed E-state index contributed by atoms with van der Waals surface area (Å²) >= 11 is 0. The van der Waals surface area contributed by atoms with Crippen LogP contribution in [0.5, 0.6) is 11.5 Å². The zero-order valence-corrected chi connectivity index (χ0v) is 14.4. The van der Waals surface area contributed by atoms with Crippen molar-refractivity contribution < 1.29 is 19.1 Å². The van der Waals surface area contributed by atoms with Crippen molar-refractivity contribution in [1.82, 2.24) is 10.6 Å². The zero-order valence-electron chi connectivity index (χ0n) is 14.4. The molecule has 0 bridgehead atoms. The lowest BCUT2D eigenvalue weighted by Gasteiger charge is -2.13. The molecule has 1 atom stereocenters. The van der Waals surface area contributed by atoms with Crippen molar-refractivity contribution in [2.75, 3.05) is 6.79 Å². The molecular weight excluding hydrogens is 332 g/mol. The van der Waals surface area contributed by atoms with Gasteiger partial charge in [-0.2, -0.15) is 0 Å². The Balaban J connectivity index is 1.47. The third-order valence-electron chi connectivity index (χ3n) is 3.88. The van der Waals surface area contributed by atoms with E-state index in [4.69, 9.17) is 9.47 Å². The molecule has 1 unspecified atom stereocenters. The quantitative estimate of drug-likeness (QED) is 0.782. The predicted octanol–water partition coefficient (Wildman–Crippen LogP) is 2.25. The van der Waals surface area contributed by atoms with Crippen LogP contribution in [0.15, 0.2) is 54.6 Å². The highest BCUT2D eigenvalue weighted by molar-refractivity contribution is 5.95. The monoisotopic (exact) mass is 352 g/mol. The molecular formula is C20H20N2O4. The van der Waals surface area contributed by atoms with Crippen molar-refractivity contribution in [3.63, 3.8) is 0 Å². The van der Waals surface area contributed by atoms with E-state index in [1.165, 1.54) is 6.08 Å². The van der Waals surface area contributed by atoms with Gasteiger partial charge in [0.05, 0.1) is 0 Å². The molecule has 2 amide bonds. The van der Waals surface area contributed by atoms with Crippen LogP contribution in [0.1, 0.15) is 18.1 Å². The molecule has 0 aromatic heterocycles. The fourth-order valence-corrected chi connectivity index (χ4v) is 2.46. The number of nitrogens with one attached hydrogen (secondary N) is 2. The van der Waals surface area contributed by atoms with Crippen molar-refractivity contribution in [2.24, 2.45) is 0 Å². The number of rotatable bonds is 6. The highest BCUT2D eigenvalue weighted by Crippen LogP contribution is 2.32. The van der Waals surface area contributed by atoms with E-state index in [0.717, 1.165) is 11.1 Å². The Morgan fingerprint density at radius 3 is 2.69 bits per heavy atom. The zero-order chi connectivity index (χ0) is 18.4. The fraction of sp³-hybridized carbons (Fsp3) is 0.200. The maximum absolute atomic E-state index is 12.2. The average Bonchev–Trinajstić information content (AvgIpc) is 3.13. The van der Waals surface area contributed by atoms with Gasteiger partial charge in [0.15, 0.2) is 11.5 Å². The maximum atomic E-state index is 12.2. The second-order valence-electron chi connectivity index (χ2n) is 5.88. The van der Waals surface area contributed by atoms with Crippen molar-refractivity contribution in [2.45, 2.75) is 19.5 Å². The van der Waals surface area contributed by atoms with Crippen LogP contribution in [0, 0.1) is 0 Å². The third kappa shape index (κ3) is 4.63. The molecule has 1 heterocycles. The molecule has 0 saturated heterocycles. The molecule has 1 aliphatic heterocycles. The molecule has 0 spiro atoms. The van der Waals surface area contributed by atoms with Crippen LogP contribution in [0.3, 0.4) is 0 Å². The molecule has 2 N–H and O–H groups in total. The summed E-state index contributed by atoms with van der Waals surface area (Å²) in [4.78, 5) is 24.1. The van der Waals surface area contributed by atoms with E-state index >= 15 is 0 Å². The van der Waals surface area contributed by atoms with Crippen LogP contribution in [0.2, 0.25) is 0 Å². The molecule has 134 valence electrons. The van der Waals surface area contributed by atoms with E-state index in [0.29, 0.717) is 18.0 Å². The van der Waals surface area contributed by atoms with Gasteiger partial charge in [0.25, 0.3) is 0 Å². The fourth-order valence-electron chi connectivity index (χ4n) is 2.46. The molecule has 6 nitrogen and oxygen atoms in total. The first-order valence-corrected chi connectivity index (χ1v) is 8.32. The van der Waals surface area contributed by atoms with Crippen LogP contribution >= 0.6 is 0 Å². The Hall–Kier alpha value is -3.28. The summed E-state index contributed by atoms with van der Waals surface area (Å²) in [5.74, 6) is 0.791. The summed E-state index contributed by atoms with van der Waals surface area (Å²) in [7, 11) is 0. The minimum atomic E-state index is -0.642. The molecule has 3 rings (SSSR count). The Morgan fingerprint density at radius 1 is 1.12 bits per heavy atom. The largest absolute Gasteiger partial charge is 0.454 e. The van der Waals surface area contributed by atoms with Gasteiger partial charge in [-0.25, -0.2) is 0 Å².